The van der Waals surface area contributed by atoms with Crippen molar-refractivity contribution in [2.45, 2.75) is 70.9 Å². The first-order valence-electron chi connectivity index (χ1n) is 7.80. The van der Waals surface area contributed by atoms with Crippen LogP contribution in [0.1, 0.15) is 58.8 Å². The summed E-state index contributed by atoms with van der Waals surface area (Å²) in [5.74, 6) is 1.00. The molecule has 0 bridgehead atoms. The Morgan fingerprint density at radius 3 is 2.76 bits per heavy atom. The minimum absolute atomic E-state index is 0.736. The molecule has 100 valence electrons. The van der Waals surface area contributed by atoms with Crippen molar-refractivity contribution in [3.8, 4) is 0 Å². The van der Waals surface area contributed by atoms with Crippen LogP contribution in [0.15, 0.2) is 0 Å². The normalized spacial score (nSPS) is 36.7. The van der Waals surface area contributed by atoms with Crippen molar-refractivity contribution in [3.05, 3.63) is 0 Å². The van der Waals surface area contributed by atoms with Gasteiger partial charge in [-0.05, 0) is 44.7 Å². The smallest absolute Gasteiger partial charge is 0.0192 e. The van der Waals surface area contributed by atoms with Crippen molar-refractivity contribution in [1.82, 2.24) is 10.2 Å². The van der Waals surface area contributed by atoms with Gasteiger partial charge in [0.1, 0.15) is 0 Å². The molecule has 1 heterocycles. The van der Waals surface area contributed by atoms with Gasteiger partial charge in [-0.25, -0.2) is 0 Å². The fraction of sp³-hybridized carbons (Fsp3) is 1.00. The lowest BCUT2D eigenvalue weighted by atomic mass is 9.83. The summed E-state index contributed by atoms with van der Waals surface area (Å²) in [7, 11) is 0. The molecule has 1 saturated heterocycles. The fourth-order valence-corrected chi connectivity index (χ4v) is 3.60. The Morgan fingerprint density at radius 1 is 1.12 bits per heavy atom. The molecule has 2 rings (SSSR count). The topological polar surface area (TPSA) is 15.3 Å². The van der Waals surface area contributed by atoms with Gasteiger partial charge in [-0.15, -0.1) is 0 Å². The van der Waals surface area contributed by atoms with Gasteiger partial charge in [-0.3, -0.25) is 4.90 Å². The summed E-state index contributed by atoms with van der Waals surface area (Å²) >= 11 is 0. The molecule has 0 aromatic rings. The van der Waals surface area contributed by atoms with E-state index in [1.807, 2.05) is 0 Å². The van der Waals surface area contributed by atoms with Crippen LogP contribution in [0.25, 0.3) is 0 Å². The average Bonchev–Trinajstić information content (AvgIpc) is 2.64. The van der Waals surface area contributed by atoms with Crippen LogP contribution in [0, 0.1) is 5.92 Å². The van der Waals surface area contributed by atoms with Crippen LogP contribution in [0.4, 0.5) is 0 Å². The lowest BCUT2D eigenvalue weighted by molar-refractivity contribution is 0.125. The molecule has 1 aliphatic heterocycles. The number of hydrogen-bond acceptors (Lipinski definition) is 2. The van der Waals surface area contributed by atoms with E-state index in [9.17, 15) is 0 Å². The fourth-order valence-electron chi connectivity index (χ4n) is 3.60. The summed E-state index contributed by atoms with van der Waals surface area (Å²) in [6.07, 6.45) is 9.87. The third kappa shape index (κ3) is 3.69. The zero-order chi connectivity index (χ0) is 12.1. The third-order valence-corrected chi connectivity index (χ3v) is 4.85. The molecule has 2 nitrogen and oxygen atoms in total. The van der Waals surface area contributed by atoms with Crippen LogP contribution in [-0.4, -0.2) is 36.6 Å². The molecule has 17 heavy (non-hydrogen) atoms. The second-order valence-corrected chi connectivity index (χ2v) is 6.00. The predicted octanol–water partition coefficient (Wildman–Crippen LogP) is 3.03. The molecule has 2 fully saturated rings. The molecule has 2 heteroatoms. The molecule has 0 amide bonds. The molecule has 0 aromatic heterocycles. The SMILES string of the molecule is CCC1CCCC(N2CCCNC(CC)C2)C1. The maximum atomic E-state index is 3.68. The third-order valence-electron chi connectivity index (χ3n) is 4.85. The van der Waals surface area contributed by atoms with E-state index >= 15 is 0 Å². The Morgan fingerprint density at radius 2 is 2.00 bits per heavy atom. The minimum Gasteiger partial charge on any atom is -0.313 e. The van der Waals surface area contributed by atoms with Gasteiger partial charge in [-0.1, -0.05) is 33.1 Å². The second-order valence-electron chi connectivity index (χ2n) is 6.00. The number of nitrogens with one attached hydrogen (secondary N) is 1. The van der Waals surface area contributed by atoms with E-state index in [0.717, 1.165) is 18.0 Å². The first-order valence-corrected chi connectivity index (χ1v) is 7.80. The van der Waals surface area contributed by atoms with Crippen molar-refractivity contribution in [2.24, 2.45) is 5.92 Å². The van der Waals surface area contributed by atoms with E-state index in [1.165, 1.54) is 64.6 Å². The molecule has 1 aliphatic carbocycles. The number of nitrogens with zero attached hydrogens (tertiary/aromatic N) is 1. The molecular weight excluding hydrogens is 208 g/mol. The Labute approximate surface area is 107 Å². The molecule has 3 unspecified atom stereocenters. The van der Waals surface area contributed by atoms with Crippen molar-refractivity contribution >= 4 is 0 Å². The van der Waals surface area contributed by atoms with E-state index < -0.39 is 0 Å². The van der Waals surface area contributed by atoms with Gasteiger partial charge in [0.2, 0.25) is 0 Å². The molecule has 0 spiro atoms. The molecule has 0 aromatic carbocycles. The van der Waals surface area contributed by atoms with Crippen molar-refractivity contribution in [1.29, 1.82) is 0 Å². The van der Waals surface area contributed by atoms with Crippen LogP contribution in [-0.2, 0) is 0 Å². The summed E-state index contributed by atoms with van der Waals surface area (Å²) in [6, 6.07) is 1.63. The van der Waals surface area contributed by atoms with Crippen LogP contribution in [0.2, 0.25) is 0 Å². The van der Waals surface area contributed by atoms with Gasteiger partial charge < -0.3 is 5.32 Å². The number of rotatable bonds is 3. The van der Waals surface area contributed by atoms with Crippen molar-refractivity contribution in [2.75, 3.05) is 19.6 Å². The maximum absolute atomic E-state index is 3.68. The summed E-state index contributed by atoms with van der Waals surface area (Å²) in [4.78, 5) is 2.80. The quantitative estimate of drug-likeness (QED) is 0.813. The highest BCUT2D eigenvalue weighted by Crippen LogP contribution is 2.30. The molecule has 2 aliphatic rings. The average molecular weight is 238 g/mol. The highest BCUT2D eigenvalue weighted by atomic mass is 15.2. The summed E-state index contributed by atoms with van der Waals surface area (Å²) < 4.78 is 0. The zero-order valence-electron chi connectivity index (χ0n) is 11.8. The molecule has 3 atom stereocenters. The lowest BCUT2D eigenvalue weighted by Gasteiger charge is -2.37. The molecule has 1 saturated carbocycles. The highest BCUT2D eigenvalue weighted by molar-refractivity contribution is 4.84. The summed E-state index contributed by atoms with van der Waals surface area (Å²) in [5, 5.41) is 3.68. The highest BCUT2D eigenvalue weighted by Gasteiger charge is 2.27. The van der Waals surface area contributed by atoms with E-state index in [-0.39, 0.29) is 0 Å². The van der Waals surface area contributed by atoms with Crippen LogP contribution < -0.4 is 5.32 Å². The van der Waals surface area contributed by atoms with Crippen LogP contribution >= 0.6 is 0 Å². The molecular formula is C15H30N2. The summed E-state index contributed by atoms with van der Waals surface area (Å²) in [6.45, 7) is 8.52. The molecule has 0 radical (unpaired) electrons. The van der Waals surface area contributed by atoms with Gasteiger partial charge in [-0.2, -0.15) is 0 Å². The largest absolute Gasteiger partial charge is 0.313 e. The Hall–Kier alpha value is -0.0800. The van der Waals surface area contributed by atoms with Crippen LogP contribution in [0.3, 0.4) is 0 Å². The van der Waals surface area contributed by atoms with E-state index in [4.69, 9.17) is 0 Å². The predicted molar refractivity (Wildman–Crippen MR) is 74.3 cm³/mol. The maximum Gasteiger partial charge on any atom is 0.0192 e. The zero-order valence-corrected chi connectivity index (χ0v) is 11.8. The van der Waals surface area contributed by atoms with Crippen molar-refractivity contribution < 1.29 is 0 Å². The Balaban J connectivity index is 1.90. The minimum atomic E-state index is 0.736. The lowest BCUT2D eigenvalue weighted by Crippen LogP contribution is -2.44. The molecule has 1 N–H and O–H groups in total. The second kappa shape index (κ2) is 6.75. The monoisotopic (exact) mass is 238 g/mol. The van der Waals surface area contributed by atoms with Gasteiger partial charge in [0.25, 0.3) is 0 Å². The van der Waals surface area contributed by atoms with Gasteiger partial charge in [0.05, 0.1) is 0 Å². The van der Waals surface area contributed by atoms with Gasteiger partial charge in [0.15, 0.2) is 0 Å². The Bertz CT molecular complexity index is 217. The first-order chi connectivity index (χ1) is 8.33. The van der Waals surface area contributed by atoms with Gasteiger partial charge >= 0.3 is 0 Å². The van der Waals surface area contributed by atoms with Gasteiger partial charge in [0, 0.05) is 18.6 Å². The first kappa shape index (κ1) is 13.4. The van der Waals surface area contributed by atoms with E-state index in [0.29, 0.717) is 0 Å². The van der Waals surface area contributed by atoms with Crippen LogP contribution in [0.5, 0.6) is 0 Å². The summed E-state index contributed by atoms with van der Waals surface area (Å²) in [5.41, 5.74) is 0. The number of hydrogen-bond donors (Lipinski definition) is 1. The Kier molecular flexibility index (Phi) is 5.30. The van der Waals surface area contributed by atoms with E-state index in [1.54, 1.807) is 0 Å². The van der Waals surface area contributed by atoms with Crippen molar-refractivity contribution in [3.63, 3.8) is 0 Å². The standard InChI is InChI=1S/C15H30N2/c1-3-13-7-5-8-15(11-13)17-10-6-9-16-14(4-2)12-17/h13-16H,3-12H2,1-2H3. The van der Waals surface area contributed by atoms with E-state index in [2.05, 4.69) is 24.1 Å².